The van der Waals surface area contributed by atoms with E-state index in [-0.39, 0.29) is 5.69 Å². The van der Waals surface area contributed by atoms with Crippen LogP contribution >= 0.6 is 0 Å². The average Bonchev–Trinajstić information content (AvgIpc) is 3.13. The summed E-state index contributed by atoms with van der Waals surface area (Å²) in [5.41, 5.74) is -0.0440. The van der Waals surface area contributed by atoms with Crippen LogP contribution in [0.5, 0.6) is 0 Å². The minimum absolute atomic E-state index is 0.0440. The van der Waals surface area contributed by atoms with Crippen LogP contribution < -0.4 is 4.90 Å². The molecule has 2 aromatic heterocycles. The van der Waals surface area contributed by atoms with Crippen LogP contribution in [0, 0.1) is 0 Å². The monoisotopic (exact) mass is 259 g/mol. The quantitative estimate of drug-likeness (QED) is 0.883. The highest BCUT2D eigenvalue weighted by atomic mass is 16.4. The summed E-state index contributed by atoms with van der Waals surface area (Å²) in [6.45, 7) is 0.624. The lowest BCUT2D eigenvalue weighted by Gasteiger charge is -2.21. The standard InChI is InChI=1S/C13H13N3O3/c17-13(18)11-5-6-12(15-14-11)16(9-3-4-9)8-10-2-1-7-19-10/h1-2,5-7,9H,3-4,8H2,(H,17,18). The van der Waals surface area contributed by atoms with E-state index in [9.17, 15) is 4.79 Å². The molecule has 98 valence electrons. The predicted octanol–water partition coefficient (Wildman–Crippen LogP) is 1.94. The van der Waals surface area contributed by atoms with Crippen LogP contribution in [-0.4, -0.2) is 27.3 Å². The highest BCUT2D eigenvalue weighted by Crippen LogP contribution is 2.31. The first kappa shape index (κ1) is 11.7. The van der Waals surface area contributed by atoms with Crippen LogP contribution in [0.1, 0.15) is 29.1 Å². The number of hydrogen-bond donors (Lipinski definition) is 1. The molecule has 0 atom stereocenters. The fourth-order valence-electron chi connectivity index (χ4n) is 1.95. The number of hydrogen-bond acceptors (Lipinski definition) is 5. The topological polar surface area (TPSA) is 79.5 Å². The molecule has 1 fully saturated rings. The van der Waals surface area contributed by atoms with Gasteiger partial charge in [0.1, 0.15) is 5.76 Å². The van der Waals surface area contributed by atoms with Crippen LogP contribution in [-0.2, 0) is 6.54 Å². The van der Waals surface area contributed by atoms with E-state index < -0.39 is 5.97 Å². The number of carboxylic acid groups (broad SMARTS) is 1. The molecule has 1 aliphatic carbocycles. The molecule has 0 aromatic carbocycles. The Morgan fingerprint density at radius 1 is 1.37 bits per heavy atom. The SMILES string of the molecule is O=C(O)c1ccc(N(Cc2ccco2)C2CC2)nn1. The van der Waals surface area contributed by atoms with Crippen molar-refractivity contribution in [3.05, 3.63) is 42.0 Å². The van der Waals surface area contributed by atoms with Gasteiger partial charge in [-0.3, -0.25) is 0 Å². The normalized spacial score (nSPS) is 14.3. The molecule has 2 heterocycles. The van der Waals surface area contributed by atoms with E-state index in [0.29, 0.717) is 18.4 Å². The van der Waals surface area contributed by atoms with Crippen molar-refractivity contribution in [3.63, 3.8) is 0 Å². The first-order chi connectivity index (χ1) is 9.24. The van der Waals surface area contributed by atoms with Crippen LogP contribution in [0.4, 0.5) is 5.82 Å². The Hall–Kier alpha value is -2.37. The Kier molecular flexibility index (Phi) is 2.91. The number of furan rings is 1. The van der Waals surface area contributed by atoms with Crippen molar-refractivity contribution in [3.8, 4) is 0 Å². The van der Waals surface area contributed by atoms with E-state index in [1.165, 1.54) is 6.07 Å². The lowest BCUT2D eigenvalue weighted by atomic mass is 10.3. The summed E-state index contributed by atoms with van der Waals surface area (Å²) in [5, 5.41) is 16.5. The summed E-state index contributed by atoms with van der Waals surface area (Å²) in [4.78, 5) is 12.8. The van der Waals surface area contributed by atoms with Gasteiger partial charge >= 0.3 is 5.97 Å². The number of aromatic nitrogens is 2. The molecule has 0 unspecified atom stereocenters. The average molecular weight is 259 g/mol. The molecular formula is C13H13N3O3. The minimum Gasteiger partial charge on any atom is -0.476 e. The third-order valence-electron chi connectivity index (χ3n) is 3.06. The zero-order valence-corrected chi connectivity index (χ0v) is 10.2. The Morgan fingerprint density at radius 2 is 2.21 bits per heavy atom. The Labute approximate surface area is 109 Å². The lowest BCUT2D eigenvalue weighted by Crippen LogP contribution is -2.26. The molecule has 0 spiro atoms. The van der Waals surface area contributed by atoms with Crippen LogP contribution in [0.15, 0.2) is 34.9 Å². The summed E-state index contributed by atoms with van der Waals surface area (Å²) < 4.78 is 5.34. The summed E-state index contributed by atoms with van der Waals surface area (Å²) in [6.07, 6.45) is 3.87. The molecule has 19 heavy (non-hydrogen) atoms. The van der Waals surface area contributed by atoms with Crippen molar-refractivity contribution in [2.45, 2.75) is 25.4 Å². The molecule has 0 bridgehead atoms. The van der Waals surface area contributed by atoms with Crippen LogP contribution in [0.25, 0.3) is 0 Å². The summed E-state index contributed by atoms with van der Waals surface area (Å²) >= 11 is 0. The number of carboxylic acids is 1. The van der Waals surface area contributed by atoms with E-state index in [0.717, 1.165) is 18.6 Å². The Morgan fingerprint density at radius 3 is 2.74 bits per heavy atom. The minimum atomic E-state index is -1.07. The maximum absolute atomic E-state index is 10.8. The molecule has 1 saturated carbocycles. The number of carbonyl (C=O) groups is 1. The predicted molar refractivity (Wildman–Crippen MR) is 66.9 cm³/mol. The second-order valence-electron chi connectivity index (χ2n) is 4.52. The van der Waals surface area contributed by atoms with Crippen LogP contribution in [0.2, 0.25) is 0 Å². The molecule has 3 rings (SSSR count). The highest BCUT2D eigenvalue weighted by Gasteiger charge is 2.31. The van der Waals surface area contributed by atoms with Crippen molar-refractivity contribution in [1.29, 1.82) is 0 Å². The lowest BCUT2D eigenvalue weighted by molar-refractivity contribution is 0.0689. The van der Waals surface area contributed by atoms with Crippen molar-refractivity contribution in [2.24, 2.45) is 0 Å². The molecule has 6 nitrogen and oxygen atoms in total. The largest absolute Gasteiger partial charge is 0.476 e. The van der Waals surface area contributed by atoms with Crippen LogP contribution in [0.3, 0.4) is 0 Å². The third-order valence-corrected chi connectivity index (χ3v) is 3.06. The van der Waals surface area contributed by atoms with Crippen molar-refractivity contribution < 1.29 is 14.3 Å². The van der Waals surface area contributed by atoms with E-state index >= 15 is 0 Å². The molecule has 0 saturated heterocycles. The van der Waals surface area contributed by atoms with Gasteiger partial charge in [0.15, 0.2) is 11.5 Å². The fourth-order valence-corrected chi connectivity index (χ4v) is 1.95. The van der Waals surface area contributed by atoms with Gasteiger partial charge in [0.05, 0.1) is 12.8 Å². The van der Waals surface area contributed by atoms with Gasteiger partial charge in [-0.15, -0.1) is 10.2 Å². The van der Waals surface area contributed by atoms with Crippen molar-refractivity contribution in [2.75, 3.05) is 4.90 Å². The third kappa shape index (κ3) is 2.57. The van der Waals surface area contributed by atoms with Gasteiger partial charge in [0.25, 0.3) is 0 Å². The van der Waals surface area contributed by atoms with Gasteiger partial charge in [0.2, 0.25) is 0 Å². The molecule has 2 aromatic rings. The first-order valence-electron chi connectivity index (χ1n) is 6.10. The Bertz CT molecular complexity index is 561. The molecule has 0 aliphatic heterocycles. The zero-order chi connectivity index (χ0) is 13.2. The number of anilines is 1. The Balaban J connectivity index is 1.81. The molecule has 0 amide bonds. The van der Waals surface area contributed by atoms with Gasteiger partial charge in [-0.2, -0.15) is 0 Å². The van der Waals surface area contributed by atoms with E-state index in [1.807, 2.05) is 12.1 Å². The summed E-state index contributed by atoms with van der Waals surface area (Å²) in [6, 6.07) is 7.36. The number of nitrogens with zero attached hydrogens (tertiary/aromatic N) is 3. The number of aromatic carboxylic acids is 1. The van der Waals surface area contributed by atoms with Gasteiger partial charge in [-0.05, 0) is 37.1 Å². The molecule has 0 radical (unpaired) electrons. The van der Waals surface area contributed by atoms with Gasteiger partial charge in [-0.1, -0.05) is 0 Å². The maximum atomic E-state index is 10.8. The van der Waals surface area contributed by atoms with Gasteiger partial charge < -0.3 is 14.4 Å². The zero-order valence-electron chi connectivity index (χ0n) is 10.2. The van der Waals surface area contributed by atoms with Gasteiger partial charge in [-0.25, -0.2) is 4.79 Å². The molecular weight excluding hydrogens is 246 g/mol. The van der Waals surface area contributed by atoms with Crippen molar-refractivity contribution in [1.82, 2.24) is 10.2 Å². The maximum Gasteiger partial charge on any atom is 0.356 e. The second-order valence-corrected chi connectivity index (χ2v) is 4.52. The van der Waals surface area contributed by atoms with E-state index in [2.05, 4.69) is 15.1 Å². The second kappa shape index (κ2) is 4.72. The fraction of sp³-hybridized carbons (Fsp3) is 0.308. The van der Waals surface area contributed by atoms with Gasteiger partial charge in [0, 0.05) is 6.04 Å². The first-order valence-corrected chi connectivity index (χ1v) is 6.10. The highest BCUT2D eigenvalue weighted by molar-refractivity contribution is 5.85. The molecule has 6 heteroatoms. The summed E-state index contributed by atoms with van der Waals surface area (Å²) in [5.74, 6) is 0.475. The summed E-state index contributed by atoms with van der Waals surface area (Å²) in [7, 11) is 0. The van der Waals surface area contributed by atoms with Crippen molar-refractivity contribution >= 4 is 11.8 Å². The number of rotatable bonds is 5. The smallest absolute Gasteiger partial charge is 0.356 e. The molecule has 1 N–H and O–H groups in total. The van der Waals surface area contributed by atoms with E-state index in [1.54, 1.807) is 12.3 Å². The molecule has 1 aliphatic rings. The van der Waals surface area contributed by atoms with E-state index in [4.69, 9.17) is 9.52 Å².